The highest BCUT2D eigenvalue weighted by atomic mass is 79.9. The normalized spacial score (nSPS) is 10.3. The molecule has 1 aromatic carbocycles. The van der Waals surface area contributed by atoms with Crippen LogP contribution in [0.2, 0.25) is 5.02 Å². The summed E-state index contributed by atoms with van der Waals surface area (Å²) in [6.45, 7) is 0. The molecule has 0 unspecified atom stereocenters. The van der Waals surface area contributed by atoms with E-state index in [0.717, 1.165) is 0 Å². The first-order valence-electron chi connectivity index (χ1n) is 5.54. The second-order valence-electron chi connectivity index (χ2n) is 3.75. The maximum Gasteiger partial charge on any atom is 0.234 e. The van der Waals surface area contributed by atoms with Crippen molar-refractivity contribution in [2.24, 2.45) is 0 Å². The molecule has 2 aromatic rings. The van der Waals surface area contributed by atoms with Gasteiger partial charge in [-0.3, -0.25) is 4.79 Å². The van der Waals surface area contributed by atoms with Crippen LogP contribution in [-0.4, -0.2) is 16.6 Å². The molecule has 1 heterocycles. The predicted octanol–water partition coefficient (Wildman–Crippen LogP) is 4.37. The monoisotopic (exact) mass is 374 g/mol. The van der Waals surface area contributed by atoms with E-state index < -0.39 is 5.82 Å². The average Bonchev–Trinajstić information content (AvgIpc) is 2.41. The molecule has 0 radical (unpaired) electrons. The van der Waals surface area contributed by atoms with Gasteiger partial charge in [-0.2, -0.15) is 0 Å². The summed E-state index contributed by atoms with van der Waals surface area (Å²) in [4.78, 5) is 15.8. The number of anilines is 1. The molecular weight excluding hydrogens is 367 g/mol. The van der Waals surface area contributed by atoms with Gasteiger partial charge in [-0.05, 0) is 30.3 Å². The third kappa shape index (κ3) is 4.19. The summed E-state index contributed by atoms with van der Waals surface area (Å²) in [7, 11) is 0. The summed E-state index contributed by atoms with van der Waals surface area (Å²) in [5, 5.41) is 3.56. The first-order valence-corrected chi connectivity index (χ1v) is 7.70. The Balaban J connectivity index is 1.94. The number of hydrogen-bond donors (Lipinski definition) is 1. The number of carbonyl (C=O) groups is 1. The summed E-state index contributed by atoms with van der Waals surface area (Å²) in [5.74, 6) is -0.710. The van der Waals surface area contributed by atoms with Gasteiger partial charge in [-0.1, -0.05) is 39.3 Å². The molecule has 0 fully saturated rings. The second kappa shape index (κ2) is 7.06. The van der Waals surface area contributed by atoms with Gasteiger partial charge in [0.15, 0.2) is 0 Å². The van der Waals surface area contributed by atoms with Crippen molar-refractivity contribution >= 4 is 50.9 Å². The summed E-state index contributed by atoms with van der Waals surface area (Å²) in [6.07, 6.45) is 1.60. The molecule has 7 heteroatoms. The maximum atomic E-state index is 13.6. The second-order valence-corrected chi connectivity index (χ2v) is 6.04. The highest BCUT2D eigenvalue weighted by Crippen LogP contribution is 2.24. The molecule has 1 N–H and O–H groups in total. The van der Waals surface area contributed by atoms with Crippen molar-refractivity contribution in [1.29, 1.82) is 0 Å². The number of nitrogens with zero attached hydrogens (tertiary/aromatic N) is 1. The SMILES string of the molecule is O=C(CSc1ncccc1Cl)Nc1ccc(Br)cc1F. The van der Waals surface area contributed by atoms with E-state index in [1.807, 2.05) is 0 Å². The molecular formula is C13H9BrClFN2OS. The zero-order valence-electron chi connectivity index (χ0n) is 10.1. The Hall–Kier alpha value is -1.11. The van der Waals surface area contributed by atoms with Gasteiger partial charge in [0.1, 0.15) is 10.8 Å². The lowest BCUT2D eigenvalue weighted by atomic mass is 10.3. The van der Waals surface area contributed by atoms with Gasteiger partial charge >= 0.3 is 0 Å². The van der Waals surface area contributed by atoms with E-state index in [9.17, 15) is 9.18 Å². The lowest BCUT2D eigenvalue weighted by molar-refractivity contribution is -0.113. The highest BCUT2D eigenvalue weighted by molar-refractivity contribution is 9.10. The van der Waals surface area contributed by atoms with Crippen LogP contribution < -0.4 is 5.32 Å². The van der Waals surface area contributed by atoms with Gasteiger partial charge in [0.05, 0.1) is 16.5 Å². The first-order chi connectivity index (χ1) is 9.56. The fourth-order valence-corrected chi connectivity index (χ4v) is 2.69. The molecule has 0 bridgehead atoms. The van der Waals surface area contributed by atoms with Crippen LogP contribution in [0.1, 0.15) is 0 Å². The summed E-state index contributed by atoms with van der Waals surface area (Å²) in [5.41, 5.74) is 0.144. The van der Waals surface area contributed by atoms with Crippen LogP contribution in [0.4, 0.5) is 10.1 Å². The number of hydrogen-bond acceptors (Lipinski definition) is 3. The van der Waals surface area contributed by atoms with Crippen LogP contribution in [0.25, 0.3) is 0 Å². The molecule has 0 aliphatic rings. The topological polar surface area (TPSA) is 42.0 Å². The van der Waals surface area contributed by atoms with E-state index in [0.29, 0.717) is 14.5 Å². The van der Waals surface area contributed by atoms with Crippen molar-refractivity contribution in [3.8, 4) is 0 Å². The average molecular weight is 376 g/mol. The molecule has 104 valence electrons. The molecule has 0 saturated heterocycles. The third-order valence-corrected chi connectivity index (χ3v) is 4.19. The lowest BCUT2D eigenvalue weighted by Crippen LogP contribution is -2.15. The number of rotatable bonds is 4. The Bertz CT molecular complexity index is 642. The van der Waals surface area contributed by atoms with Gasteiger partial charge in [0.25, 0.3) is 0 Å². The molecule has 1 amide bonds. The van der Waals surface area contributed by atoms with Crippen molar-refractivity contribution in [3.05, 3.63) is 51.8 Å². The van der Waals surface area contributed by atoms with E-state index in [-0.39, 0.29) is 17.3 Å². The fourth-order valence-electron chi connectivity index (χ4n) is 1.39. The Morgan fingerprint density at radius 3 is 2.95 bits per heavy atom. The van der Waals surface area contributed by atoms with Crippen LogP contribution in [0, 0.1) is 5.82 Å². The quantitative estimate of drug-likeness (QED) is 0.807. The Labute approximate surface area is 133 Å². The molecule has 20 heavy (non-hydrogen) atoms. The minimum absolute atomic E-state index is 0.103. The van der Waals surface area contributed by atoms with E-state index in [1.165, 1.54) is 23.9 Å². The highest BCUT2D eigenvalue weighted by Gasteiger charge is 2.09. The zero-order chi connectivity index (χ0) is 14.5. The largest absolute Gasteiger partial charge is 0.323 e. The van der Waals surface area contributed by atoms with Crippen LogP contribution >= 0.6 is 39.3 Å². The molecule has 0 spiro atoms. The van der Waals surface area contributed by atoms with E-state index >= 15 is 0 Å². The van der Waals surface area contributed by atoms with Crippen molar-refractivity contribution in [3.63, 3.8) is 0 Å². The Morgan fingerprint density at radius 1 is 1.45 bits per heavy atom. The number of halogens is 3. The number of carbonyl (C=O) groups excluding carboxylic acids is 1. The lowest BCUT2D eigenvalue weighted by Gasteiger charge is -2.07. The van der Waals surface area contributed by atoms with Gasteiger partial charge in [-0.25, -0.2) is 9.37 Å². The van der Waals surface area contributed by atoms with Crippen LogP contribution in [-0.2, 0) is 4.79 Å². The van der Waals surface area contributed by atoms with Crippen molar-refractivity contribution in [2.45, 2.75) is 5.03 Å². The number of aromatic nitrogens is 1. The summed E-state index contributed by atoms with van der Waals surface area (Å²) in [6, 6.07) is 7.85. The molecule has 0 atom stereocenters. The summed E-state index contributed by atoms with van der Waals surface area (Å²) >= 11 is 10.3. The minimum Gasteiger partial charge on any atom is -0.323 e. The van der Waals surface area contributed by atoms with E-state index in [1.54, 1.807) is 24.4 Å². The molecule has 0 saturated carbocycles. The Morgan fingerprint density at radius 2 is 2.25 bits per heavy atom. The van der Waals surface area contributed by atoms with Gasteiger partial charge in [0, 0.05) is 10.7 Å². The molecule has 3 nitrogen and oxygen atoms in total. The molecule has 0 aliphatic heterocycles. The van der Waals surface area contributed by atoms with Gasteiger partial charge in [-0.15, -0.1) is 0 Å². The predicted molar refractivity (Wildman–Crippen MR) is 82.7 cm³/mol. The van der Waals surface area contributed by atoms with E-state index in [4.69, 9.17) is 11.6 Å². The standard InChI is InChI=1S/C13H9BrClFN2OS/c14-8-3-4-11(10(16)6-8)18-12(19)7-20-13-9(15)2-1-5-17-13/h1-6H,7H2,(H,18,19). The van der Waals surface area contributed by atoms with Crippen molar-refractivity contribution in [1.82, 2.24) is 4.98 Å². The summed E-state index contributed by atoms with van der Waals surface area (Å²) < 4.78 is 14.2. The number of thioether (sulfide) groups is 1. The molecule has 1 aromatic heterocycles. The number of pyridine rings is 1. The zero-order valence-corrected chi connectivity index (χ0v) is 13.2. The van der Waals surface area contributed by atoms with Crippen molar-refractivity contribution in [2.75, 3.05) is 11.1 Å². The number of nitrogens with one attached hydrogen (secondary N) is 1. The number of amides is 1. The van der Waals surface area contributed by atoms with Crippen molar-refractivity contribution < 1.29 is 9.18 Å². The molecule has 2 rings (SSSR count). The number of benzene rings is 1. The maximum absolute atomic E-state index is 13.6. The van der Waals surface area contributed by atoms with Crippen LogP contribution in [0.5, 0.6) is 0 Å². The smallest absolute Gasteiger partial charge is 0.234 e. The Kier molecular flexibility index (Phi) is 5.39. The van der Waals surface area contributed by atoms with Crippen LogP contribution in [0.3, 0.4) is 0 Å². The van der Waals surface area contributed by atoms with Gasteiger partial charge in [0.2, 0.25) is 5.91 Å². The first kappa shape index (κ1) is 15.3. The van der Waals surface area contributed by atoms with E-state index in [2.05, 4.69) is 26.2 Å². The van der Waals surface area contributed by atoms with Crippen LogP contribution in [0.15, 0.2) is 46.0 Å². The fraction of sp³-hybridized carbons (Fsp3) is 0.0769. The van der Waals surface area contributed by atoms with Gasteiger partial charge < -0.3 is 5.32 Å². The third-order valence-electron chi connectivity index (χ3n) is 2.27. The minimum atomic E-state index is -0.492. The molecule has 0 aliphatic carbocycles.